The van der Waals surface area contributed by atoms with Crippen molar-refractivity contribution in [3.05, 3.63) is 100 Å². The van der Waals surface area contributed by atoms with Gasteiger partial charge in [0.1, 0.15) is 17.1 Å². The third-order valence-electron chi connectivity index (χ3n) is 4.88. The van der Waals surface area contributed by atoms with E-state index in [0.29, 0.717) is 22.0 Å². The molecule has 8 heteroatoms. The van der Waals surface area contributed by atoms with Crippen molar-refractivity contribution >= 4 is 28.2 Å². The van der Waals surface area contributed by atoms with Crippen molar-refractivity contribution in [3.8, 4) is 5.75 Å². The molecule has 1 aromatic heterocycles. The predicted molar refractivity (Wildman–Crippen MR) is 112 cm³/mol. The Morgan fingerprint density at radius 1 is 0.968 bits per heavy atom. The summed E-state index contributed by atoms with van der Waals surface area (Å²) in [6, 6.07) is 15.0. The molecule has 1 heterocycles. The molecule has 2 N–H and O–H groups in total. The number of anilines is 1. The van der Waals surface area contributed by atoms with Crippen molar-refractivity contribution < 1.29 is 22.7 Å². The van der Waals surface area contributed by atoms with Crippen LogP contribution in [0.1, 0.15) is 22.7 Å². The molecule has 0 aliphatic heterocycles. The summed E-state index contributed by atoms with van der Waals surface area (Å²) in [5.74, 6) is -0.581. The minimum absolute atomic E-state index is 0.120. The molecule has 1 atom stereocenters. The number of phenols is 1. The number of nitrogens with one attached hydrogen (secondary N) is 1. The summed E-state index contributed by atoms with van der Waals surface area (Å²) in [7, 11) is 0. The second kappa shape index (κ2) is 8.07. The van der Waals surface area contributed by atoms with Crippen LogP contribution in [0.2, 0.25) is 5.02 Å². The number of phenolic OH excluding ortho intramolecular Hbond substituents is 1. The van der Waals surface area contributed by atoms with E-state index in [0.717, 1.165) is 12.1 Å². The summed E-state index contributed by atoms with van der Waals surface area (Å²) in [6.07, 6.45) is -3.10. The molecule has 0 radical (unpaired) electrons. The van der Waals surface area contributed by atoms with Crippen LogP contribution in [0.3, 0.4) is 0 Å². The maximum atomic E-state index is 13.5. The van der Waals surface area contributed by atoms with Crippen molar-refractivity contribution in [2.24, 2.45) is 0 Å². The molecule has 4 rings (SSSR count). The van der Waals surface area contributed by atoms with Crippen molar-refractivity contribution in [2.75, 3.05) is 5.32 Å². The lowest BCUT2D eigenvalue weighted by Gasteiger charge is -2.23. The maximum Gasteiger partial charge on any atom is 0.417 e. The first-order valence-corrected chi connectivity index (χ1v) is 9.57. The number of halogens is 5. The normalized spacial score (nSPS) is 12.7. The minimum atomic E-state index is -4.63. The number of benzene rings is 3. The van der Waals surface area contributed by atoms with Crippen LogP contribution in [0.5, 0.6) is 5.75 Å². The zero-order valence-corrected chi connectivity index (χ0v) is 16.5. The van der Waals surface area contributed by atoms with Crippen LogP contribution < -0.4 is 5.32 Å². The summed E-state index contributed by atoms with van der Waals surface area (Å²) in [4.78, 5) is 4.19. The van der Waals surface area contributed by atoms with Gasteiger partial charge >= 0.3 is 6.18 Å². The Bertz CT molecular complexity index is 1240. The van der Waals surface area contributed by atoms with E-state index in [-0.39, 0.29) is 11.4 Å². The van der Waals surface area contributed by atoms with Gasteiger partial charge in [0.2, 0.25) is 0 Å². The van der Waals surface area contributed by atoms with Gasteiger partial charge < -0.3 is 10.4 Å². The molecule has 0 saturated heterocycles. The summed E-state index contributed by atoms with van der Waals surface area (Å²) in [6.45, 7) is 0. The standard InChI is InChI=1S/C23H15ClF4N2O/c24-19-10-8-16(12-18(19)23(26,27)28)30-20(14-3-6-15(25)7-4-14)17-9-5-13-2-1-11-29-21(13)22(17)31/h1-12,20,30-31H. The van der Waals surface area contributed by atoms with Crippen LogP contribution >= 0.6 is 11.6 Å². The Morgan fingerprint density at radius 2 is 1.71 bits per heavy atom. The van der Waals surface area contributed by atoms with E-state index < -0.39 is 28.6 Å². The van der Waals surface area contributed by atoms with Crippen LogP contribution in [-0.4, -0.2) is 10.1 Å². The molecule has 0 aliphatic carbocycles. The van der Waals surface area contributed by atoms with Gasteiger partial charge in [-0.05, 0) is 42.0 Å². The number of hydrogen-bond acceptors (Lipinski definition) is 3. The molecule has 3 nitrogen and oxygen atoms in total. The SMILES string of the molecule is Oc1c(C(Nc2ccc(Cl)c(C(F)(F)F)c2)c2ccc(F)cc2)ccc2cccnc12. The average molecular weight is 447 g/mol. The smallest absolute Gasteiger partial charge is 0.417 e. The van der Waals surface area contributed by atoms with E-state index in [4.69, 9.17) is 11.6 Å². The number of nitrogens with zero attached hydrogens (tertiary/aromatic N) is 1. The molecule has 3 aromatic carbocycles. The number of alkyl halides is 3. The fraction of sp³-hybridized carbons (Fsp3) is 0.0870. The van der Waals surface area contributed by atoms with E-state index >= 15 is 0 Å². The Labute approximate surface area is 179 Å². The largest absolute Gasteiger partial charge is 0.505 e. The third-order valence-corrected chi connectivity index (χ3v) is 5.21. The number of hydrogen-bond donors (Lipinski definition) is 2. The van der Waals surface area contributed by atoms with Crippen LogP contribution in [0.25, 0.3) is 10.9 Å². The van der Waals surface area contributed by atoms with E-state index in [1.165, 1.54) is 36.5 Å². The molecule has 0 saturated carbocycles. The number of aromatic hydroxyl groups is 1. The Hall–Kier alpha value is -3.32. The molecule has 4 aromatic rings. The lowest BCUT2D eigenvalue weighted by atomic mass is 9.95. The molecule has 0 aliphatic rings. The van der Waals surface area contributed by atoms with Gasteiger partial charge in [-0.25, -0.2) is 4.39 Å². The number of aromatic nitrogens is 1. The fourth-order valence-corrected chi connectivity index (χ4v) is 3.60. The molecular weight excluding hydrogens is 432 g/mol. The first-order valence-electron chi connectivity index (χ1n) is 9.19. The van der Waals surface area contributed by atoms with Crippen LogP contribution in [0.4, 0.5) is 23.2 Å². The topological polar surface area (TPSA) is 45.1 Å². The molecule has 158 valence electrons. The van der Waals surface area contributed by atoms with Crippen molar-refractivity contribution in [3.63, 3.8) is 0 Å². The zero-order valence-electron chi connectivity index (χ0n) is 15.8. The fourth-order valence-electron chi connectivity index (χ4n) is 3.37. The zero-order chi connectivity index (χ0) is 22.2. The summed E-state index contributed by atoms with van der Waals surface area (Å²) < 4.78 is 53.4. The molecule has 31 heavy (non-hydrogen) atoms. The first-order chi connectivity index (χ1) is 14.7. The highest BCUT2D eigenvalue weighted by molar-refractivity contribution is 6.31. The third kappa shape index (κ3) is 4.27. The molecule has 0 fully saturated rings. The second-order valence-electron chi connectivity index (χ2n) is 6.90. The molecular formula is C23H15ClF4N2O. The number of fused-ring (bicyclic) bond motifs is 1. The van der Waals surface area contributed by atoms with E-state index in [2.05, 4.69) is 10.3 Å². The number of rotatable bonds is 4. The quantitative estimate of drug-likeness (QED) is 0.333. The molecule has 1 unspecified atom stereocenters. The van der Waals surface area contributed by atoms with Gasteiger partial charge in [-0.3, -0.25) is 4.98 Å². The number of pyridine rings is 1. The monoisotopic (exact) mass is 446 g/mol. The molecule has 0 bridgehead atoms. The van der Waals surface area contributed by atoms with Crippen LogP contribution in [0, 0.1) is 5.82 Å². The molecule has 0 amide bonds. The van der Waals surface area contributed by atoms with E-state index in [1.807, 2.05) is 0 Å². The highest BCUT2D eigenvalue weighted by Crippen LogP contribution is 2.39. The van der Waals surface area contributed by atoms with Crippen LogP contribution in [-0.2, 0) is 6.18 Å². The van der Waals surface area contributed by atoms with Gasteiger partial charge in [0, 0.05) is 22.8 Å². The van der Waals surface area contributed by atoms with Gasteiger partial charge in [-0.1, -0.05) is 41.9 Å². The lowest BCUT2D eigenvalue weighted by molar-refractivity contribution is -0.137. The second-order valence-corrected chi connectivity index (χ2v) is 7.31. The van der Waals surface area contributed by atoms with Gasteiger partial charge in [0.25, 0.3) is 0 Å². The molecule has 0 spiro atoms. The van der Waals surface area contributed by atoms with E-state index in [9.17, 15) is 22.7 Å². The minimum Gasteiger partial charge on any atom is -0.505 e. The first kappa shape index (κ1) is 20.9. The van der Waals surface area contributed by atoms with Crippen LogP contribution in [0.15, 0.2) is 72.9 Å². The predicted octanol–water partition coefficient (Wildman–Crippen LogP) is 6.95. The Morgan fingerprint density at radius 3 is 2.42 bits per heavy atom. The van der Waals surface area contributed by atoms with E-state index in [1.54, 1.807) is 24.3 Å². The summed E-state index contributed by atoms with van der Waals surface area (Å²) >= 11 is 5.72. The van der Waals surface area contributed by atoms with Gasteiger partial charge in [-0.15, -0.1) is 0 Å². The highest BCUT2D eigenvalue weighted by atomic mass is 35.5. The van der Waals surface area contributed by atoms with Crippen molar-refractivity contribution in [1.82, 2.24) is 4.98 Å². The summed E-state index contributed by atoms with van der Waals surface area (Å²) in [5, 5.41) is 14.2. The Kier molecular flexibility index (Phi) is 5.45. The highest BCUT2D eigenvalue weighted by Gasteiger charge is 2.33. The Balaban J connectivity index is 1.84. The van der Waals surface area contributed by atoms with Crippen molar-refractivity contribution in [2.45, 2.75) is 12.2 Å². The maximum absolute atomic E-state index is 13.5. The average Bonchev–Trinajstić information content (AvgIpc) is 2.74. The lowest BCUT2D eigenvalue weighted by Crippen LogP contribution is -2.14. The van der Waals surface area contributed by atoms with Crippen molar-refractivity contribution in [1.29, 1.82) is 0 Å². The van der Waals surface area contributed by atoms with Gasteiger partial charge in [0.05, 0.1) is 16.6 Å². The summed E-state index contributed by atoms with van der Waals surface area (Å²) in [5.41, 5.74) is 0.408. The van der Waals surface area contributed by atoms with Gasteiger partial charge in [-0.2, -0.15) is 13.2 Å². The van der Waals surface area contributed by atoms with Gasteiger partial charge in [0.15, 0.2) is 0 Å².